The summed E-state index contributed by atoms with van der Waals surface area (Å²) in [6, 6.07) is 10.8. The van der Waals surface area contributed by atoms with Crippen molar-refractivity contribution < 1.29 is 9.21 Å². The topological polar surface area (TPSA) is 39.9 Å². The Kier molecular flexibility index (Phi) is 4.06. The molecule has 0 saturated carbocycles. The second-order valence-electron chi connectivity index (χ2n) is 7.18. The molecule has 0 spiro atoms. The molecule has 3 heterocycles. The molecule has 5 heteroatoms. The first-order chi connectivity index (χ1) is 11.6. The highest BCUT2D eigenvalue weighted by atomic mass is 16.3. The van der Waals surface area contributed by atoms with E-state index >= 15 is 0 Å². The largest absolute Gasteiger partial charge is 0.451 e. The van der Waals surface area contributed by atoms with E-state index in [9.17, 15) is 4.79 Å². The second-order valence-corrected chi connectivity index (χ2v) is 7.18. The summed E-state index contributed by atoms with van der Waals surface area (Å²) in [5, 5.41) is 0.989. The standard InChI is InChI=1S/C19H25N3O2/c1-14(2)20-7-9-21(10-8-20)16-12-22(13-16)19(23)18-11-15-5-3-4-6-17(15)24-18/h3-6,11,14,16H,7-10,12-13H2,1-2H3. The van der Waals surface area contributed by atoms with Crippen LogP contribution in [0.5, 0.6) is 0 Å². The highest BCUT2D eigenvalue weighted by molar-refractivity contribution is 5.96. The molecule has 2 aliphatic heterocycles. The average Bonchev–Trinajstić information content (AvgIpc) is 2.98. The second kappa shape index (κ2) is 6.22. The summed E-state index contributed by atoms with van der Waals surface area (Å²) in [7, 11) is 0. The van der Waals surface area contributed by atoms with Crippen molar-refractivity contribution >= 4 is 16.9 Å². The van der Waals surface area contributed by atoms with Gasteiger partial charge in [0.2, 0.25) is 0 Å². The maximum absolute atomic E-state index is 12.6. The Morgan fingerprint density at radius 3 is 2.50 bits per heavy atom. The third kappa shape index (κ3) is 2.82. The lowest BCUT2D eigenvalue weighted by atomic mass is 10.0. The summed E-state index contributed by atoms with van der Waals surface area (Å²) in [4.78, 5) is 19.5. The third-order valence-electron chi connectivity index (χ3n) is 5.38. The molecule has 24 heavy (non-hydrogen) atoms. The molecule has 128 valence electrons. The molecule has 0 aliphatic carbocycles. The number of rotatable bonds is 3. The van der Waals surface area contributed by atoms with Crippen molar-refractivity contribution in [1.82, 2.24) is 14.7 Å². The molecule has 2 fully saturated rings. The van der Waals surface area contributed by atoms with Crippen molar-refractivity contribution in [1.29, 1.82) is 0 Å². The molecule has 0 atom stereocenters. The van der Waals surface area contributed by atoms with Gasteiger partial charge in [0.15, 0.2) is 5.76 Å². The molecular formula is C19H25N3O2. The predicted molar refractivity (Wildman–Crippen MR) is 94.2 cm³/mol. The number of nitrogens with zero attached hydrogens (tertiary/aromatic N) is 3. The molecule has 5 nitrogen and oxygen atoms in total. The maximum atomic E-state index is 12.6. The van der Waals surface area contributed by atoms with Crippen molar-refractivity contribution in [2.24, 2.45) is 0 Å². The zero-order chi connectivity index (χ0) is 16.7. The molecule has 0 N–H and O–H groups in total. The van der Waals surface area contributed by atoms with Crippen molar-refractivity contribution in [3.63, 3.8) is 0 Å². The fourth-order valence-electron chi connectivity index (χ4n) is 3.71. The molecule has 0 radical (unpaired) electrons. The molecule has 1 aromatic heterocycles. The fourth-order valence-corrected chi connectivity index (χ4v) is 3.71. The van der Waals surface area contributed by atoms with Crippen molar-refractivity contribution in [3.8, 4) is 0 Å². The van der Waals surface area contributed by atoms with Crippen LogP contribution in [-0.2, 0) is 0 Å². The Morgan fingerprint density at radius 2 is 1.83 bits per heavy atom. The zero-order valence-electron chi connectivity index (χ0n) is 14.4. The molecule has 1 amide bonds. The summed E-state index contributed by atoms with van der Waals surface area (Å²) in [6.07, 6.45) is 0. The number of carbonyl (C=O) groups excluding carboxylic acids is 1. The van der Waals surface area contributed by atoms with E-state index in [2.05, 4.69) is 23.6 Å². The summed E-state index contributed by atoms with van der Waals surface area (Å²) >= 11 is 0. The molecule has 2 aliphatic rings. The Bertz CT molecular complexity index is 692. The van der Waals surface area contributed by atoms with Crippen LogP contribution in [0.25, 0.3) is 11.0 Å². The number of amides is 1. The fraction of sp³-hybridized carbons (Fsp3) is 0.526. The monoisotopic (exact) mass is 327 g/mol. The van der Waals surface area contributed by atoms with Crippen LogP contribution < -0.4 is 0 Å². The normalized spacial score (nSPS) is 20.7. The number of para-hydroxylation sites is 1. The third-order valence-corrected chi connectivity index (χ3v) is 5.38. The van der Waals surface area contributed by atoms with Crippen LogP contribution in [0, 0.1) is 0 Å². The van der Waals surface area contributed by atoms with Crippen molar-refractivity contribution in [2.75, 3.05) is 39.3 Å². The van der Waals surface area contributed by atoms with Crippen LogP contribution in [0.4, 0.5) is 0 Å². The molecule has 0 bridgehead atoms. The van der Waals surface area contributed by atoms with E-state index in [-0.39, 0.29) is 5.91 Å². The van der Waals surface area contributed by atoms with Gasteiger partial charge in [-0.25, -0.2) is 0 Å². The van der Waals surface area contributed by atoms with E-state index in [1.54, 1.807) is 0 Å². The zero-order valence-corrected chi connectivity index (χ0v) is 14.4. The van der Waals surface area contributed by atoms with Gasteiger partial charge in [-0.1, -0.05) is 18.2 Å². The van der Waals surface area contributed by atoms with Gasteiger partial charge in [-0.15, -0.1) is 0 Å². The summed E-state index contributed by atoms with van der Waals surface area (Å²) < 4.78 is 5.70. The molecular weight excluding hydrogens is 302 g/mol. The molecule has 4 rings (SSSR count). The number of benzene rings is 1. The Balaban J connectivity index is 1.33. The minimum absolute atomic E-state index is 0.0169. The van der Waals surface area contributed by atoms with Crippen LogP contribution in [0.1, 0.15) is 24.4 Å². The summed E-state index contributed by atoms with van der Waals surface area (Å²) in [6.45, 7) is 10.6. The first kappa shape index (κ1) is 15.7. The van der Waals surface area contributed by atoms with Crippen LogP contribution >= 0.6 is 0 Å². The van der Waals surface area contributed by atoms with E-state index in [1.165, 1.54) is 0 Å². The van der Waals surface area contributed by atoms with Gasteiger partial charge in [-0.3, -0.25) is 14.6 Å². The van der Waals surface area contributed by atoms with Crippen molar-refractivity contribution in [2.45, 2.75) is 25.9 Å². The lowest BCUT2D eigenvalue weighted by molar-refractivity contribution is 0.00180. The van der Waals surface area contributed by atoms with Gasteiger partial charge >= 0.3 is 0 Å². The summed E-state index contributed by atoms with van der Waals surface area (Å²) in [5.74, 6) is 0.475. The van der Waals surface area contributed by atoms with Gasteiger partial charge in [0.1, 0.15) is 5.58 Å². The summed E-state index contributed by atoms with van der Waals surface area (Å²) in [5.41, 5.74) is 0.780. The van der Waals surface area contributed by atoms with Gasteiger partial charge < -0.3 is 9.32 Å². The van der Waals surface area contributed by atoms with E-state index in [0.717, 1.165) is 50.2 Å². The molecule has 2 aromatic rings. The van der Waals surface area contributed by atoms with Gasteiger partial charge in [0.25, 0.3) is 5.91 Å². The SMILES string of the molecule is CC(C)N1CCN(C2CN(C(=O)c3cc4ccccc4o3)C2)CC1. The van der Waals surface area contributed by atoms with Crippen LogP contribution in [-0.4, -0.2) is 72.0 Å². The lowest BCUT2D eigenvalue weighted by Crippen LogP contribution is -2.64. The van der Waals surface area contributed by atoms with Crippen LogP contribution in [0.3, 0.4) is 0 Å². The smallest absolute Gasteiger partial charge is 0.289 e. The highest BCUT2D eigenvalue weighted by Gasteiger charge is 2.37. The predicted octanol–water partition coefficient (Wildman–Crippen LogP) is 2.28. The van der Waals surface area contributed by atoms with Crippen LogP contribution in [0.15, 0.2) is 34.7 Å². The lowest BCUT2D eigenvalue weighted by Gasteiger charge is -2.48. The maximum Gasteiger partial charge on any atom is 0.289 e. The van der Waals surface area contributed by atoms with Crippen molar-refractivity contribution in [3.05, 3.63) is 36.1 Å². The number of hydrogen-bond acceptors (Lipinski definition) is 4. The van der Waals surface area contributed by atoms with Crippen LogP contribution in [0.2, 0.25) is 0 Å². The van der Waals surface area contributed by atoms with Gasteiger partial charge in [0.05, 0.1) is 0 Å². The number of carbonyl (C=O) groups is 1. The minimum Gasteiger partial charge on any atom is -0.451 e. The number of furan rings is 1. The van der Waals surface area contributed by atoms with Gasteiger partial charge in [0, 0.05) is 56.7 Å². The molecule has 1 aromatic carbocycles. The minimum atomic E-state index is 0.0169. The number of fused-ring (bicyclic) bond motifs is 1. The van der Waals surface area contributed by atoms with E-state index < -0.39 is 0 Å². The molecule has 0 unspecified atom stereocenters. The molecule has 2 saturated heterocycles. The van der Waals surface area contributed by atoms with E-state index in [0.29, 0.717) is 17.8 Å². The quantitative estimate of drug-likeness (QED) is 0.867. The first-order valence-corrected chi connectivity index (χ1v) is 8.88. The van der Waals surface area contributed by atoms with E-state index in [1.807, 2.05) is 35.2 Å². The Morgan fingerprint density at radius 1 is 1.12 bits per heavy atom. The van der Waals surface area contributed by atoms with Gasteiger partial charge in [-0.2, -0.15) is 0 Å². The highest BCUT2D eigenvalue weighted by Crippen LogP contribution is 2.24. The number of hydrogen-bond donors (Lipinski definition) is 0. The van der Waals surface area contributed by atoms with E-state index in [4.69, 9.17) is 4.42 Å². The Hall–Kier alpha value is -1.85. The average molecular weight is 327 g/mol. The number of likely N-dealkylation sites (tertiary alicyclic amines) is 1. The Labute approximate surface area is 142 Å². The first-order valence-electron chi connectivity index (χ1n) is 8.88. The number of piperazine rings is 1. The van der Waals surface area contributed by atoms with Gasteiger partial charge in [-0.05, 0) is 26.0 Å².